The first-order chi connectivity index (χ1) is 9.55. The van der Waals surface area contributed by atoms with Crippen molar-refractivity contribution in [2.75, 3.05) is 0 Å². The number of carboxylic acids is 3. The van der Waals surface area contributed by atoms with Crippen molar-refractivity contribution in [2.45, 2.75) is 11.7 Å². The molecule has 0 bridgehead atoms. The molecular weight excluding hydrogens is 308 g/mol. The van der Waals surface area contributed by atoms with Crippen molar-refractivity contribution in [3.8, 4) is 0 Å². The van der Waals surface area contributed by atoms with Crippen LogP contribution in [0.25, 0.3) is 0 Å². The Labute approximate surface area is 119 Å². The predicted octanol–water partition coefficient (Wildman–Crippen LogP) is 0.187. The highest BCUT2D eigenvalue weighted by molar-refractivity contribution is 7.87. The first kappa shape index (κ1) is 18.5. The van der Waals surface area contributed by atoms with Gasteiger partial charge in [-0.2, -0.15) is 8.42 Å². The van der Waals surface area contributed by atoms with Gasteiger partial charge in [0.1, 0.15) is 0 Å². The van der Waals surface area contributed by atoms with E-state index in [0.29, 0.717) is 5.56 Å². The molecule has 1 aromatic carbocycles. The molecule has 10 heteroatoms. The third kappa shape index (κ3) is 7.64. The third-order valence-electron chi connectivity index (χ3n) is 2.02. The minimum absolute atomic E-state index is 0.331. The molecule has 1 atom stereocenters. The summed E-state index contributed by atoms with van der Waals surface area (Å²) in [4.78, 5) is 30.2. The predicted molar refractivity (Wildman–Crippen MR) is 68.6 cm³/mol. The van der Waals surface area contributed by atoms with E-state index in [1.54, 1.807) is 30.3 Å². The number of aliphatic carboxylic acids is 2. The maximum absolute atomic E-state index is 10.2. The molecule has 4 N–H and O–H groups in total. The first-order valence-corrected chi connectivity index (χ1v) is 6.75. The summed E-state index contributed by atoms with van der Waals surface area (Å²) in [6.45, 7) is 0. The maximum Gasteiger partial charge on any atom is 0.335 e. The van der Waals surface area contributed by atoms with Crippen LogP contribution in [-0.4, -0.2) is 51.4 Å². The van der Waals surface area contributed by atoms with Gasteiger partial charge in [-0.3, -0.25) is 14.1 Å². The zero-order valence-electron chi connectivity index (χ0n) is 10.4. The van der Waals surface area contributed by atoms with Gasteiger partial charge in [0.2, 0.25) is 0 Å². The van der Waals surface area contributed by atoms with Gasteiger partial charge >= 0.3 is 17.9 Å². The monoisotopic (exact) mass is 320 g/mol. The Balaban J connectivity index is 0.000000394. The molecule has 1 aromatic rings. The van der Waals surface area contributed by atoms with Crippen LogP contribution < -0.4 is 0 Å². The molecule has 21 heavy (non-hydrogen) atoms. The minimum atomic E-state index is -4.84. The lowest BCUT2D eigenvalue weighted by atomic mass is 10.2. The average Bonchev–Trinajstić information content (AvgIpc) is 2.36. The Morgan fingerprint density at radius 1 is 1.00 bits per heavy atom. The lowest BCUT2D eigenvalue weighted by Crippen LogP contribution is -2.31. The number of rotatable bonds is 5. The fourth-order valence-electron chi connectivity index (χ4n) is 1.06. The summed E-state index contributed by atoms with van der Waals surface area (Å²) in [6, 6.07) is 8.30. The molecule has 0 spiro atoms. The molecule has 9 nitrogen and oxygen atoms in total. The van der Waals surface area contributed by atoms with E-state index in [-0.39, 0.29) is 0 Å². The van der Waals surface area contributed by atoms with Crippen LogP contribution in [0, 0.1) is 0 Å². The van der Waals surface area contributed by atoms with Gasteiger partial charge in [-0.25, -0.2) is 4.79 Å². The van der Waals surface area contributed by atoms with Gasteiger partial charge in [-0.1, -0.05) is 18.2 Å². The quantitative estimate of drug-likeness (QED) is 0.553. The highest BCUT2D eigenvalue weighted by Gasteiger charge is 2.33. The minimum Gasteiger partial charge on any atom is -0.481 e. The zero-order valence-corrected chi connectivity index (χ0v) is 11.2. The molecular formula is C11H12O9S. The van der Waals surface area contributed by atoms with Gasteiger partial charge in [0, 0.05) is 0 Å². The maximum atomic E-state index is 10.2. The summed E-state index contributed by atoms with van der Waals surface area (Å²) < 4.78 is 28.7. The van der Waals surface area contributed by atoms with Gasteiger partial charge in [0.15, 0.2) is 5.25 Å². The number of carbonyl (C=O) groups is 3. The van der Waals surface area contributed by atoms with Crippen molar-refractivity contribution in [1.82, 2.24) is 0 Å². The summed E-state index contributed by atoms with van der Waals surface area (Å²) in [6.07, 6.45) is -1.16. The average molecular weight is 320 g/mol. The van der Waals surface area contributed by atoms with Crippen molar-refractivity contribution in [1.29, 1.82) is 0 Å². The van der Waals surface area contributed by atoms with Crippen molar-refractivity contribution < 1.29 is 42.7 Å². The van der Waals surface area contributed by atoms with Gasteiger partial charge in [0.05, 0.1) is 12.0 Å². The molecule has 0 amide bonds. The lowest BCUT2D eigenvalue weighted by molar-refractivity contribution is -0.143. The molecule has 0 aromatic heterocycles. The van der Waals surface area contributed by atoms with E-state index >= 15 is 0 Å². The Morgan fingerprint density at radius 3 is 1.67 bits per heavy atom. The second-order valence-corrected chi connectivity index (χ2v) is 5.21. The van der Waals surface area contributed by atoms with Crippen LogP contribution >= 0.6 is 0 Å². The van der Waals surface area contributed by atoms with Crippen molar-refractivity contribution >= 4 is 28.0 Å². The smallest absolute Gasteiger partial charge is 0.335 e. The molecule has 0 aliphatic carbocycles. The Hall–Kier alpha value is -2.46. The largest absolute Gasteiger partial charge is 0.481 e. The molecule has 0 heterocycles. The van der Waals surface area contributed by atoms with E-state index < -0.39 is 39.7 Å². The first-order valence-electron chi connectivity index (χ1n) is 5.25. The van der Waals surface area contributed by atoms with Crippen LogP contribution in [0.3, 0.4) is 0 Å². The molecule has 0 saturated heterocycles. The zero-order chi connectivity index (χ0) is 16.6. The van der Waals surface area contributed by atoms with Crippen molar-refractivity contribution in [3.05, 3.63) is 35.9 Å². The summed E-state index contributed by atoms with van der Waals surface area (Å²) >= 11 is 0. The standard InChI is InChI=1S/C7H6O2.C4H6O7S/c8-7(9)6-4-2-1-3-5-6;5-3(6)1-2(4(7)8)12(9,10)11/h1-5H,(H,8,9);2H,1H2,(H,5,6)(H,7,8)(H,9,10,11). The summed E-state index contributed by atoms with van der Waals surface area (Å²) in [5.74, 6) is -4.38. The van der Waals surface area contributed by atoms with E-state index in [9.17, 15) is 22.8 Å². The molecule has 0 radical (unpaired) electrons. The number of hydrogen-bond acceptors (Lipinski definition) is 5. The summed E-state index contributed by atoms with van der Waals surface area (Å²) in [7, 11) is -4.84. The SMILES string of the molecule is O=C(O)CC(C(=O)O)S(=O)(=O)O.O=C(O)c1ccccc1. The molecule has 0 aliphatic rings. The van der Waals surface area contributed by atoms with E-state index in [4.69, 9.17) is 19.9 Å². The van der Waals surface area contributed by atoms with E-state index in [2.05, 4.69) is 0 Å². The highest BCUT2D eigenvalue weighted by atomic mass is 32.2. The van der Waals surface area contributed by atoms with Crippen LogP contribution in [0.15, 0.2) is 30.3 Å². The van der Waals surface area contributed by atoms with Crippen molar-refractivity contribution in [3.63, 3.8) is 0 Å². The number of carboxylic acid groups (broad SMARTS) is 3. The fraction of sp³-hybridized carbons (Fsp3) is 0.182. The summed E-state index contributed by atoms with van der Waals surface area (Å²) in [5, 5.41) is 22.3. The normalized spacial score (nSPS) is 11.7. The van der Waals surface area contributed by atoms with Gasteiger partial charge in [-0.15, -0.1) is 0 Å². The van der Waals surface area contributed by atoms with Gasteiger partial charge < -0.3 is 15.3 Å². The Morgan fingerprint density at radius 2 is 1.48 bits per heavy atom. The molecule has 116 valence electrons. The molecule has 0 aliphatic heterocycles. The summed E-state index contributed by atoms with van der Waals surface area (Å²) in [5.41, 5.74) is 0.331. The van der Waals surface area contributed by atoms with Gasteiger partial charge in [0.25, 0.3) is 10.1 Å². The highest BCUT2D eigenvalue weighted by Crippen LogP contribution is 2.04. The number of hydrogen-bond donors (Lipinski definition) is 4. The molecule has 0 fully saturated rings. The second-order valence-electron chi connectivity index (χ2n) is 3.61. The third-order valence-corrected chi connectivity index (χ3v) is 3.10. The van der Waals surface area contributed by atoms with E-state index in [0.717, 1.165) is 0 Å². The Kier molecular flexibility index (Phi) is 7.03. The van der Waals surface area contributed by atoms with Crippen LogP contribution in [-0.2, 0) is 19.7 Å². The van der Waals surface area contributed by atoms with Crippen molar-refractivity contribution in [2.24, 2.45) is 0 Å². The van der Waals surface area contributed by atoms with Crippen LogP contribution in [0.5, 0.6) is 0 Å². The van der Waals surface area contributed by atoms with Crippen LogP contribution in [0.2, 0.25) is 0 Å². The number of aromatic carboxylic acids is 1. The van der Waals surface area contributed by atoms with E-state index in [1.165, 1.54) is 0 Å². The van der Waals surface area contributed by atoms with Crippen LogP contribution in [0.4, 0.5) is 0 Å². The number of benzene rings is 1. The second kappa shape index (κ2) is 7.97. The van der Waals surface area contributed by atoms with E-state index in [1.807, 2.05) is 0 Å². The Bertz CT molecular complexity index is 606. The topological polar surface area (TPSA) is 166 Å². The molecule has 1 unspecified atom stereocenters. The lowest BCUT2D eigenvalue weighted by Gasteiger charge is -2.04. The van der Waals surface area contributed by atoms with Gasteiger partial charge in [-0.05, 0) is 12.1 Å². The molecule has 0 saturated carbocycles. The molecule has 1 rings (SSSR count). The fourth-order valence-corrected chi connectivity index (χ4v) is 1.67. The van der Waals surface area contributed by atoms with Crippen LogP contribution in [0.1, 0.15) is 16.8 Å².